The van der Waals surface area contributed by atoms with Crippen molar-refractivity contribution in [2.45, 2.75) is 58.6 Å². The second-order valence-corrected chi connectivity index (χ2v) is 5.14. The summed E-state index contributed by atoms with van der Waals surface area (Å²) >= 11 is 0. The Morgan fingerprint density at radius 3 is 2.68 bits per heavy atom. The first-order chi connectivity index (χ1) is 9.13. The van der Waals surface area contributed by atoms with Gasteiger partial charge in [0.15, 0.2) is 0 Å². The summed E-state index contributed by atoms with van der Waals surface area (Å²) in [4.78, 5) is 8.89. The van der Waals surface area contributed by atoms with Crippen LogP contribution in [0.25, 0.3) is 0 Å². The zero-order valence-corrected chi connectivity index (χ0v) is 12.1. The minimum atomic E-state index is 0.400. The molecule has 106 valence electrons. The van der Waals surface area contributed by atoms with Crippen LogP contribution in [0.5, 0.6) is 0 Å². The van der Waals surface area contributed by atoms with Gasteiger partial charge in [0, 0.05) is 24.6 Å². The van der Waals surface area contributed by atoms with E-state index in [2.05, 4.69) is 22.2 Å². The molecule has 2 rings (SSSR count). The zero-order valence-electron chi connectivity index (χ0n) is 12.1. The van der Waals surface area contributed by atoms with E-state index in [0.29, 0.717) is 18.0 Å². The lowest BCUT2D eigenvalue weighted by Gasteiger charge is -2.36. The van der Waals surface area contributed by atoms with Crippen LogP contribution in [-0.2, 0) is 11.2 Å². The highest BCUT2D eigenvalue weighted by molar-refractivity contribution is 5.55. The van der Waals surface area contributed by atoms with Crippen molar-refractivity contribution < 1.29 is 4.74 Å². The number of rotatable bonds is 6. The van der Waals surface area contributed by atoms with Crippen molar-refractivity contribution in [3.05, 3.63) is 11.4 Å². The van der Waals surface area contributed by atoms with E-state index in [1.165, 1.54) is 0 Å². The summed E-state index contributed by atoms with van der Waals surface area (Å²) in [7, 11) is 0. The van der Waals surface area contributed by atoms with Gasteiger partial charge >= 0.3 is 0 Å². The molecule has 1 aliphatic rings. The van der Waals surface area contributed by atoms with Crippen LogP contribution >= 0.6 is 0 Å². The first-order valence-corrected chi connectivity index (χ1v) is 7.15. The van der Waals surface area contributed by atoms with E-state index in [4.69, 9.17) is 10.5 Å². The molecule has 5 nitrogen and oxygen atoms in total. The summed E-state index contributed by atoms with van der Waals surface area (Å²) < 4.78 is 5.56. The SMILES string of the molecule is CCCc1nc(N)c(C)c(NC2CC(OCC)C2)n1. The maximum Gasteiger partial charge on any atom is 0.134 e. The molecule has 1 saturated carbocycles. The Kier molecular flexibility index (Phi) is 4.58. The highest BCUT2D eigenvalue weighted by Gasteiger charge is 2.30. The molecule has 0 amide bonds. The lowest BCUT2D eigenvalue weighted by Crippen LogP contribution is -2.41. The number of aryl methyl sites for hydroxylation is 1. The third-order valence-corrected chi connectivity index (χ3v) is 3.54. The van der Waals surface area contributed by atoms with Crippen molar-refractivity contribution in [1.29, 1.82) is 0 Å². The van der Waals surface area contributed by atoms with Gasteiger partial charge in [-0.2, -0.15) is 0 Å². The van der Waals surface area contributed by atoms with Crippen molar-refractivity contribution in [1.82, 2.24) is 9.97 Å². The summed E-state index contributed by atoms with van der Waals surface area (Å²) in [6, 6.07) is 0.444. The molecule has 0 aliphatic heterocycles. The number of hydrogen-bond acceptors (Lipinski definition) is 5. The molecule has 1 aromatic heterocycles. The molecule has 0 spiro atoms. The Balaban J connectivity index is 2.00. The predicted molar refractivity (Wildman–Crippen MR) is 77.2 cm³/mol. The van der Waals surface area contributed by atoms with Crippen LogP contribution in [0.2, 0.25) is 0 Å². The normalized spacial score (nSPS) is 22.1. The highest BCUT2D eigenvalue weighted by atomic mass is 16.5. The molecule has 0 unspecified atom stereocenters. The van der Waals surface area contributed by atoms with Crippen molar-refractivity contribution in [3.63, 3.8) is 0 Å². The monoisotopic (exact) mass is 264 g/mol. The molecular weight excluding hydrogens is 240 g/mol. The minimum absolute atomic E-state index is 0.400. The highest BCUT2D eigenvalue weighted by Crippen LogP contribution is 2.28. The van der Waals surface area contributed by atoms with E-state index < -0.39 is 0 Å². The van der Waals surface area contributed by atoms with Gasteiger partial charge in [-0.3, -0.25) is 0 Å². The Morgan fingerprint density at radius 1 is 1.32 bits per heavy atom. The van der Waals surface area contributed by atoms with Crippen LogP contribution in [0.15, 0.2) is 0 Å². The van der Waals surface area contributed by atoms with Crippen LogP contribution in [0.4, 0.5) is 11.6 Å². The van der Waals surface area contributed by atoms with Gasteiger partial charge in [0.25, 0.3) is 0 Å². The van der Waals surface area contributed by atoms with Gasteiger partial charge < -0.3 is 15.8 Å². The summed E-state index contributed by atoms with van der Waals surface area (Å²) in [6.07, 6.45) is 4.38. The van der Waals surface area contributed by atoms with Crippen LogP contribution in [0, 0.1) is 6.92 Å². The Bertz CT molecular complexity index is 430. The number of nitrogens with zero attached hydrogens (tertiary/aromatic N) is 2. The van der Waals surface area contributed by atoms with E-state index in [0.717, 1.165) is 49.5 Å². The zero-order chi connectivity index (χ0) is 13.8. The largest absolute Gasteiger partial charge is 0.383 e. The average molecular weight is 264 g/mol. The summed E-state index contributed by atoms with van der Waals surface area (Å²) in [5, 5.41) is 3.46. The van der Waals surface area contributed by atoms with Gasteiger partial charge in [-0.05, 0) is 33.1 Å². The first-order valence-electron chi connectivity index (χ1n) is 7.15. The quantitative estimate of drug-likeness (QED) is 0.824. The molecule has 1 fully saturated rings. The Hall–Kier alpha value is -1.36. The summed E-state index contributed by atoms with van der Waals surface area (Å²) in [6.45, 7) is 6.90. The van der Waals surface area contributed by atoms with Crippen LogP contribution in [-0.4, -0.2) is 28.7 Å². The number of nitrogen functional groups attached to an aromatic ring is 1. The summed E-state index contributed by atoms with van der Waals surface area (Å²) in [5.74, 6) is 2.30. The van der Waals surface area contributed by atoms with Crippen molar-refractivity contribution >= 4 is 11.6 Å². The number of nitrogens with one attached hydrogen (secondary N) is 1. The van der Waals surface area contributed by atoms with Crippen molar-refractivity contribution in [2.24, 2.45) is 0 Å². The Labute approximate surface area is 115 Å². The molecule has 1 aliphatic carbocycles. The second kappa shape index (κ2) is 6.19. The maximum atomic E-state index is 5.95. The van der Waals surface area contributed by atoms with Crippen LogP contribution in [0.1, 0.15) is 44.5 Å². The third kappa shape index (κ3) is 3.35. The smallest absolute Gasteiger partial charge is 0.134 e. The number of anilines is 2. The van der Waals surface area contributed by atoms with Gasteiger partial charge in [0.05, 0.1) is 6.10 Å². The van der Waals surface area contributed by atoms with Gasteiger partial charge in [-0.1, -0.05) is 6.92 Å². The van der Waals surface area contributed by atoms with E-state index in [-0.39, 0.29) is 0 Å². The van der Waals surface area contributed by atoms with Gasteiger partial charge in [0.2, 0.25) is 0 Å². The maximum absolute atomic E-state index is 5.95. The molecular formula is C14H24N4O. The van der Waals surface area contributed by atoms with Crippen LogP contribution in [0.3, 0.4) is 0 Å². The lowest BCUT2D eigenvalue weighted by molar-refractivity contribution is 0.00291. The van der Waals surface area contributed by atoms with E-state index in [1.54, 1.807) is 0 Å². The minimum Gasteiger partial charge on any atom is -0.383 e. The summed E-state index contributed by atoms with van der Waals surface area (Å²) in [5.41, 5.74) is 6.89. The topological polar surface area (TPSA) is 73.1 Å². The van der Waals surface area contributed by atoms with Gasteiger partial charge in [-0.25, -0.2) is 9.97 Å². The first kappa shape index (κ1) is 14.1. The number of aromatic nitrogens is 2. The number of ether oxygens (including phenoxy) is 1. The molecule has 0 bridgehead atoms. The molecule has 3 N–H and O–H groups in total. The molecule has 5 heteroatoms. The molecule has 0 radical (unpaired) electrons. The molecule has 0 saturated heterocycles. The fraction of sp³-hybridized carbons (Fsp3) is 0.714. The molecule has 0 atom stereocenters. The fourth-order valence-electron chi connectivity index (χ4n) is 2.31. The van der Waals surface area contributed by atoms with E-state index >= 15 is 0 Å². The molecule has 0 aromatic carbocycles. The van der Waals surface area contributed by atoms with Crippen molar-refractivity contribution in [3.8, 4) is 0 Å². The van der Waals surface area contributed by atoms with Crippen molar-refractivity contribution in [2.75, 3.05) is 17.7 Å². The predicted octanol–water partition coefficient (Wildman–Crippen LogP) is 2.30. The average Bonchev–Trinajstić information content (AvgIpc) is 2.33. The molecule has 1 aromatic rings. The van der Waals surface area contributed by atoms with E-state index in [9.17, 15) is 0 Å². The van der Waals surface area contributed by atoms with E-state index in [1.807, 2.05) is 13.8 Å². The van der Waals surface area contributed by atoms with Gasteiger partial charge in [0.1, 0.15) is 17.5 Å². The third-order valence-electron chi connectivity index (χ3n) is 3.54. The number of hydrogen-bond donors (Lipinski definition) is 2. The van der Waals surface area contributed by atoms with Gasteiger partial charge in [-0.15, -0.1) is 0 Å². The molecule has 19 heavy (non-hydrogen) atoms. The second-order valence-electron chi connectivity index (χ2n) is 5.14. The molecule has 1 heterocycles. The fourth-order valence-corrected chi connectivity index (χ4v) is 2.31. The lowest BCUT2D eigenvalue weighted by atomic mass is 9.89. The number of nitrogens with two attached hydrogens (primary N) is 1. The Morgan fingerprint density at radius 2 is 2.05 bits per heavy atom. The van der Waals surface area contributed by atoms with Crippen LogP contribution < -0.4 is 11.1 Å². The standard InChI is InChI=1S/C14H24N4O/c1-4-6-12-17-13(15)9(3)14(18-12)16-10-7-11(8-10)19-5-2/h10-11H,4-8H2,1-3H3,(H3,15,16,17,18).